The normalized spacial score (nSPS) is 11.3. The van der Waals surface area contributed by atoms with E-state index in [4.69, 9.17) is 4.74 Å². The van der Waals surface area contributed by atoms with Gasteiger partial charge in [0.25, 0.3) is 10.0 Å². The first-order valence-electron chi connectivity index (χ1n) is 6.52. The molecule has 2 aromatic carbocycles. The molecule has 4 nitrogen and oxygen atoms in total. The lowest BCUT2D eigenvalue weighted by Crippen LogP contribution is -2.30. The number of rotatable bonds is 5. The van der Waals surface area contributed by atoms with Gasteiger partial charge in [0.2, 0.25) is 0 Å². The van der Waals surface area contributed by atoms with Gasteiger partial charge in [-0.05, 0) is 59.3 Å². The average molecular weight is 449 g/mol. The van der Waals surface area contributed by atoms with Crippen LogP contribution >= 0.6 is 31.9 Å². The summed E-state index contributed by atoms with van der Waals surface area (Å²) in [5.74, 6) is 0.587. The Labute approximate surface area is 147 Å². The third-order valence-electron chi connectivity index (χ3n) is 3.09. The van der Waals surface area contributed by atoms with Crippen molar-refractivity contribution in [1.29, 1.82) is 0 Å². The van der Waals surface area contributed by atoms with Gasteiger partial charge in [0.05, 0.1) is 22.2 Å². The predicted molar refractivity (Wildman–Crippen MR) is 95.0 cm³/mol. The minimum Gasteiger partial charge on any atom is -0.496 e. The summed E-state index contributed by atoms with van der Waals surface area (Å²) in [5.41, 5.74) is 0.615. The van der Waals surface area contributed by atoms with Gasteiger partial charge in [0.1, 0.15) is 5.75 Å². The Hall–Kier alpha value is -1.05. The summed E-state index contributed by atoms with van der Waals surface area (Å²) in [4.78, 5) is 0.210. The van der Waals surface area contributed by atoms with Crippen LogP contribution in [0.25, 0.3) is 0 Å². The second kappa shape index (κ2) is 7.02. The molecule has 2 rings (SSSR count). The van der Waals surface area contributed by atoms with Crippen LogP contribution < -0.4 is 9.04 Å². The van der Waals surface area contributed by atoms with Crippen molar-refractivity contribution in [3.8, 4) is 5.75 Å². The molecule has 0 spiro atoms. The first kappa shape index (κ1) is 17.3. The van der Waals surface area contributed by atoms with Crippen LogP contribution in [0.5, 0.6) is 5.75 Å². The van der Waals surface area contributed by atoms with Crippen molar-refractivity contribution in [3.63, 3.8) is 0 Å². The van der Waals surface area contributed by atoms with E-state index in [1.165, 1.54) is 11.4 Å². The minimum absolute atomic E-state index is 0.210. The molecule has 0 aromatic heterocycles. The highest BCUT2D eigenvalue weighted by atomic mass is 79.9. The van der Waals surface area contributed by atoms with Crippen LogP contribution in [-0.4, -0.2) is 22.1 Å². The van der Waals surface area contributed by atoms with Crippen LogP contribution in [0.1, 0.15) is 6.92 Å². The van der Waals surface area contributed by atoms with E-state index >= 15 is 0 Å². The number of hydrogen-bond donors (Lipinski definition) is 0. The summed E-state index contributed by atoms with van der Waals surface area (Å²) in [6.45, 7) is 2.14. The molecule has 118 valence electrons. The highest BCUT2D eigenvalue weighted by molar-refractivity contribution is 9.10. The van der Waals surface area contributed by atoms with Gasteiger partial charge < -0.3 is 4.74 Å². The molecule has 22 heavy (non-hydrogen) atoms. The quantitative estimate of drug-likeness (QED) is 0.679. The Bertz CT molecular complexity index is 778. The van der Waals surface area contributed by atoms with Gasteiger partial charge in [0, 0.05) is 11.0 Å². The van der Waals surface area contributed by atoms with Gasteiger partial charge in [0.15, 0.2) is 0 Å². The smallest absolute Gasteiger partial charge is 0.264 e. The number of sulfonamides is 1. The number of anilines is 1. The van der Waals surface area contributed by atoms with E-state index in [2.05, 4.69) is 31.9 Å². The fourth-order valence-corrected chi connectivity index (χ4v) is 4.63. The molecule has 0 heterocycles. The van der Waals surface area contributed by atoms with E-state index in [0.717, 1.165) is 4.47 Å². The predicted octanol–water partition coefficient (Wildman–Crippen LogP) is 4.44. The molecule has 0 radical (unpaired) electrons. The van der Waals surface area contributed by atoms with E-state index in [9.17, 15) is 8.42 Å². The summed E-state index contributed by atoms with van der Waals surface area (Å²) in [6, 6.07) is 11.9. The van der Waals surface area contributed by atoms with Crippen LogP contribution in [0.4, 0.5) is 5.69 Å². The fraction of sp³-hybridized carbons (Fsp3) is 0.200. The molecule has 0 amide bonds. The van der Waals surface area contributed by atoms with Gasteiger partial charge in [-0.1, -0.05) is 22.0 Å². The molecule has 0 atom stereocenters. The molecule has 0 unspecified atom stereocenters. The second-order valence-corrected chi connectivity index (χ2v) is 8.08. The third kappa shape index (κ3) is 3.47. The van der Waals surface area contributed by atoms with Gasteiger partial charge in [-0.2, -0.15) is 0 Å². The van der Waals surface area contributed by atoms with Crippen LogP contribution in [0.15, 0.2) is 56.3 Å². The number of ether oxygens (including phenoxy) is 1. The molecule has 0 saturated heterocycles. The van der Waals surface area contributed by atoms with Crippen molar-refractivity contribution < 1.29 is 13.2 Å². The molecule has 0 saturated carbocycles. The maximum absolute atomic E-state index is 12.9. The highest BCUT2D eigenvalue weighted by Crippen LogP contribution is 2.31. The van der Waals surface area contributed by atoms with Gasteiger partial charge in [-0.15, -0.1) is 0 Å². The molecule has 2 aromatic rings. The van der Waals surface area contributed by atoms with Crippen LogP contribution in [0.3, 0.4) is 0 Å². The largest absolute Gasteiger partial charge is 0.496 e. The number of benzene rings is 2. The summed E-state index contributed by atoms with van der Waals surface area (Å²) < 4.78 is 33.7. The number of hydrogen-bond acceptors (Lipinski definition) is 3. The van der Waals surface area contributed by atoms with Crippen LogP contribution in [-0.2, 0) is 10.0 Å². The third-order valence-corrected chi connectivity index (χ3v) is 6.11. The summed E-state index contributed by atoms with van der Waals surface area (Å²) in [6.07, 6.45) is 0. The SMILES string of the molecule is CCN(c1cccc(Br)c1)S(=O)(=O)c1ccc(OC)c(Br)c1. The van der Waals surface area contributed by atoms with Crippen LogP contribution in [0, 0.1) is 0 Å². The Balaban J connectivity index is 2.49. The van der Waals surface area contributed by atoms with E-state index in [1.54, 1.807) is 37.3 Å². The lowest BCUT2D eigenvalue weighted by atomic mass is 10.3. The molecular formula is C15H15Br2NO3S. The fourth-order valence-electron chi connectivity index (χ4n) is 2.06. The Kier molecular flexibility index (Phi) is 5.52. The molecule has 0 fully saturated rings. The van der Waals surface area contributed by atoms with Crippen molar-refractivity contribution >= 4 is 47.6 Å². The monoisotopic (exact) mass is 447 g/mol. The van der Waals surface area contributed by atoms with Crippen molar-refractivity contribution in [1.82, 2.24) is 0 Å². The van der Waals surface area contributed by atoms with E-state index < -0.39 is 10.0 Å². The number of nitrogens with zero attached hydrogens (tertiary/aromatic N) is 1. The zero-order valence-electron chi connectivity index (χ0n) is 12.1. The second-order valence-electron chi connectivity index (χ2n) is 4.45. The average Bonchev–Trinajstić information content (AvgIpc) is 2.47. The summed E-state index contributed by atoms with van der Waals surface area (Å²) >= 11 is 6.69. The van der Waals surface area contributed by atoms with Gasteiger partial charge in [-0.25, -0.2) is 8.42 Å². The topological polar surface area (TPSA) is 46.6 Å². The van der Waals surface area contributed by atoms with Crippen molar-refractivity contribution in [2.45, 2.75) is 11.8 Å². The zero-order chi connectivity index (χ0) is 16.3. The summed E-state index contributed by atoms with van der Waals surface area (Å²) in [7, 11) is -2.11. The van der Waals surface area contributed by atoms with Crippen LogP contribution in [0.2, 0.25) is 0 Å². The Morgan fingerprint density at radius 1 is 1.14 bits per heavy atom. The Morgan fingerprint density at radius 3 is 2.41 bits per heavy atom. The van der Waals surface area contributed by atoms with Crippen molar-refractivity contribution in [2.75, 3.05) is 18.0 Å². The highest BCUT2D eigenvalue weighted by Gasteiger charge is 2.24. The molecule has 0 N–H and O–H groups in total. The lowest BCUT2D eigenvalue weighted by Gasteiger charge is -2.23. The first-order chi connectivity index (χ1) is 10.4. The van der Waals surface area contributed by atoms with E-state index in [0.29, 0.717) is 22.5 Å². The maximum Gasteiger partial charge on any atom is 0.264 e. The number of methoxy groups -OCH3 is 1. The zero-order valence-corrected chi connectivity index (χ0v) is 16.1. The maximum atomic E-state index is 12.9. The molecule has 0 bridgehead atoms. The molecule has 0 aliphatic rings. The minimum atomic E-state index is -3.64. The van der Waals surface area contributed by atoms with Gasteiger partial charge >= 0.3 is 0 Å². The Morgan fingerprint density at radius 2 is 1.86 bits per heavy atom. The summed E-state index contributed by atoms with van der Waals surface area (Å²) in [5, 5.41) is 0. The molecule has 0 aliphatic heterocycles. The molecular weight excluding hydrogens is 434 g/mol. The van der Waals surface area contributed by atoms with Gasteiger partial charge in [-0.3, -0.25) is 4.31 Å². The van der Waals surface area contributed by atoms with E-state index in [1.807, 2.05) is 12.1 Å². The number of halogens is 2. The van der Waals surface area contributed by atoms with Crippen molar-refractivity contribution in [3.05, 3.63) is 51.4 Å². The lowest BCUT2D eigenvalue weighted by molar-refractivity contribution is 0.411. The molecule has 0 aliphatic carbocycles. The standard InChI is InChI=1S/C15H15Br2NO3S/c1-3-18(12-6-4-5-11(16)9-12)22(19,20)13-7-8-15(21-2)14(17)10-13/h4-10H,3H2,1-2H3. The first-order valence-corrected chi connectivity index (χ1v) is 9.54. The van der Waals surface area contributed by atoms with E-state index in [-0.39, 0.29) is 4.90 Å². The van der Waals surface area contributed by atoms with Crippen molar-refractivity contribution in [2.24, 2.45) is 0 Å². The molecule has 7 heteroatoms.